The minimum absolute atomic E-state index is 0.0324. The number of methoxy groups -OCH3 is 2. The molecule has 186 valence electrons. The van der Waals surface area contributed by atoms with Gasteiger partial charge in [0.2, 0.25) is 5.91 Å². The Kier molecular flexibility index (Phi) is 8.33. The number of nitrogens with zero attached hydrogens (tertiary/aromatic N) is 3. The predicted octanol–water partition coefficient (Wildman–Crippen LogP) is 4.67. The topological polar surface area (TPSA) is 73.7 Å². The third-order valence-corrected chi connectivity index (χ3v) is 7.42. The second-order valence-corrected chi connectivity index (χ2v) is 9.70. The summed E-state index contributed by atoms with van der Waals surface area (Å²) in [5.74, 6) is 1.65. The highest BCUT2D eigenvalue weighted by atomic mass is 32.2. The molecule has 1 aliphatic rings. The first-order valence-electron chi connectivity index (χ1n) is 12.2. The van der Waals surface area contributed by atoms with Crippen LogP contribution in [0.25, 0.3) is 10.9 Å². The molecule has 0 aliphatic carbocycles. The summed E-state index contributed by atoms with van der Waals surface area (Å²) in [4.78, 5) is 33.0. The molecule has 0 saturated heterocycles. The molecular formula is C27H33N3O4S. The van der Waals surface area contributed by atoms with Crippen LogP contribution >= 0.6 is 11.8 Å². The summed E-state index contributed by atoms with van der Waals surface area (Å²) in [6.45, 7) is 3.97. The summed E-state index contributed by atoms with van der Waals surface area (Å²) >= 11 is 1.35. The average Bonchev–Trinajstić information content (AvgIpc) is 2.89. The molecule has 3 aromatic rings. The van der Waals surface area contributed by atoms with Crippen LogP contribution in [0, 0.1) is 0 Å². The maximum atomic E-state index is 13.2. The summed E-state index contributed by atoms with van der Waals surface area (Å²) in [6.07, 6.45) is 5.04. The average molecular weight is 496 g/mol. The van der Waals surface area contributed by atoms with Crippen LogP contribution in [0.1, 0.15) is 43.7 Å². The van der Waals surface area contributed by atoms with Crippen LogP contribution < -0.4 is 15.0 Å². The van der Waals surface area contributed by atoms with Gasteiger partial charge in [-0.15, -0.1) is 0 Å². The fraction of sp³-hybridized carbons (Fsp3) is 0.444. The van der Waals surface area contributed by atoms with Gasteiger partial charge >= 0.3 is 0 Å². The highest BCUT2D eigenvalue weighted by molar-refractivity contribution is 7.99. The van der Waals surface area contributed by atoms with E-state index in [1.165, 1.54) is 17.3 Å². The van der Waals surface area contributed by atoms with Gasteiger partial charge in [-0.2, -0.15) is 0 Å². The van der Waals surface area contributed by atoms with Gasteiger partial charge in [0.05, 0.1) is 30.9 Å². The lowest BCUT2D eigenvalue weighted by atomic mass is 9.99. The molecule has 0 fully saturated rings. The van der Waals surface area contributed by atoms with E-state index in [1.54, 1.807) is 18.8 Å². The number of benzene rings is 2. The fourth-order valence-corrected chi connectivity index (χ4v) is 5.39. The predicted molar refractivity (Wildman–Crippen MR) is 140 cm³/mol. The van der Waals surface area contributed by atoms with E-state index in [-0.39, 0.29) is 17.2 Å². The third-order valence-electron chi connectivity index (χ3n) is 6.46. The number of aromatic nitrogens is 2. The van der Waals surface area contributed by atoms with Crippen LogP contribution in [0.2, 0.25) is 0 Å². The van der Waals surface area contributed by atoms with Gasteiger partial charge in [0.25, 0.3) is 5.56 Å². The Morgan fingerprint density at radius 1 is 1.06 bits per heavy atom. The number of ether oxygens (including phenoxy) is 2. The van der Waals surface area contributed by atoms with Crippen molar-refractivity contribution in [2.75, 3.05) is 26.5 Å². The summed E-state index contributed by atoms with van der Waals surface area (Å²) in [5.41, 5.74) is 2.89. The van der Waals surface area contributed by atoms with Crippen molar-refractivity contribution >= 4 is 28.6 Å². The van der Waals surface area contributed by atoms with Crippen molar-refractivity contribution in [2.24, 2.45) is 0 Å². The SMILES string of the molecule is CCCCCCn1c(SCC(=O)N2CCc3cc(OC)c(OC)cc3C2)nc2ccccc2c1=O. The second-order valence-electron chi connectivity index (χ2n) is 8.76. The number of rotatable bonds is 10. The molecule has 7 nitrogen and oxygen atoms in total. The van der Waals surface area contributed by atoms with E-state index >= 15 is 0 Å². The fourth-order valence-electron chi connectivity index (χ4n) is 4.47. The molecule has 1 aliphatic heterocycles. The number of hydrogen-bond acceptors (Lipinski definition) is 6. The maximum Gasteiger partial charge on any atom is 0.262 e. The molecule has 35 heavy (non-hydrogen) atoms. The first-order valence-corrected chi connectivity index (χ1v) is 13.2. The summed E-state index contributed by atoms with van der Waals surface area (Å²) in [5, 5.41) is 1.23. The number of para-hydroxylation sites is 1. The van der Waals surface area contributed by atoms with Gasteiger partial charge in [-0.1, -0.05) is 50.1 Å². The lowest BCUT2D eigenvalue weighted by Gasteiger charge is -2.29. The first-order chi connectivity index (χ1) is 17.0. The number of carbonyl (C=O) groups is 1. The van der Waals surface area contributed by atoms with E-state index in [0.29, 0.717) is 47.2 Å². The number of amides is 1. The molecule has 0 saturated carbocycles. The lowest BCUT2D eigenvalue weighted by Crippen LogP contribution is -2.37. The highest BCUT2D eigenvalue weighted by Crippen LogP contribution is 2.33. The zero-order valence-electron chi connectivity index (χ0n) is 20.7. The van der Waals surface area contributed by atoms with Crippen molar-refractivity contribution in [3.63, 3.8) is 0 Å². The Labute approximate surface area is 210 Å². The van der Waals surface area contributed by atoms with Crippen molar-refractivity contribution in [3.05, 3.63) is 57.9 Å². The highest BCUT2D eigenvalue weighted by Gasteiger charge is 2.23. The van der Waals surface area contributed by atoms with Crippen LogP contribution in [0.3, 0.4) is 0 Å². The number of thioether (sulfide) groups is 1. The minimum atomic E-state index is -0.0324. The minimum Gasteiger partial charge on any atom is -0.493 e. The Morgan fingerprint density at radius 2 is 1.80 bits per heavy atom. The van der Waals surface area contributed by atoms with Gasteiger partial charge < -0.3 is 14.4 Å². The van der Waals surface area contributed by atoms with Gasteiger partial charge in [0.15, 0.2) is 16.7 Å². The molecule has 0 spiro atoms. The van der Waals surface area contributed by atoms with E-state index in [1.807, 2.05) is 41.3 Å². The third kappa shape index (κ3) is 5.64. The van der Waals surface area contributed by atoms with E-state index < -0.39 is 0 Å². The zero-order valence-corrected chi connectivity index (χ0v) is 21.5. The quantitative estimate of drug-likeness (QED) is 0.231. The first kappa shape index (κ1) is 25.1. The molecule has 0 bridgehead atoms. The monoisotopic (exact) mass is 495 g/mol. The van der Waals surface area contributed by atoms with Crippen molar-refractivity contribution < 1.29 is 14.3 Å². The second kappa shape index (κ2) is 11.6. The number of carbonyl (C=O) groups excluding carboxylic acids is 1. The van der Waals surface area contributed by atoms with Crippen LogP contribution in [-0.4, -0.2) is 46.9 Å². The van der Waals surface area contributed by atoms with Gasteiger partial charge in [-0.25, -0.2) is 4.98 Å². The summed E-state index contributed by atoms with van der Waals surface area (Å²) in [7, 11) is 3.25. The molecule has 0 radical (unpaired) electrons. The van der Waals surface area contributed by atoms with Gasteiger partial charge in [-0.05, 0) is 48.2 Å². The number of hydrogen-bond donors (Lipinski definition) is 0. The van der Waals surface area contributed by atoms with Crippen molar-refractivity contribution in [2.45, 2.75) is 57.3 Å². The van der Waals surface area contributed by atoms with Gasteiger partial charge in [0, 0.05) is 19.6 Å². The molecule has 2 aromatic carbocycles. The molecule has 8 heteroatoms. The Morgan fingerprint density at radius 3 is 2.54 bits per heavy atom. The van der Waals surface area contributed by atoms with E-state index in [0.717, 1.165) is 37.7 Å². The summed E-state index contributed by atoms with van der Waals surface area (Å²) < 4.78 is 12.6. The van der Waals surface area contributed by atoms with Crippen LogP contribution in [0.5, 0.6) is 11.5 Å². The zero-order chi connectivity index (χ0) is 24.8. The number of unbranched alkanes of at least 4 members (excludes halogenated alkanes) is 3. The van der Waals surface area contributed by atoms with Crippen LogP contribution in [0.4, 0.5) is 0 Å². The van der Waals surface area contributed by atoms with Crippen molar-refractivity contribution in [1.82, 2.24) is 14.5 Å². The van der Waals surface area contributed by atoms with Gasteiger partial charge in [-0.3, -0.25) is 14.2 Å². The molecule has 0 unspecified atom stereocenters. The molecule has 0 N–H and O–H groups in total. The van der Waals surface area contributed by atoms with Gasteiger partial charge in [0.1, 0.15) is 0 Å². The summed E-state index contributed by atoms with van der Waals surface area (Å²) in [6, 6.07) is 11.4. The van der Waals surface area contributed by atoms with Crippen LogP contribution in [-0.2, 0) is 24.3 Å². The molecule has 1 aromatic heterocycles. The Hall–Kier alpha value is -3.00. The van der Waals surface area contributed by atoms with Crippen LogP contribution in [0.15, 0.2) is 46.3 Å². The molecule has 0 atom stereocenters. The Balaban J connectivity index is 1.50. The lowest BCUT2D eigenvalue weighted by molar-refractivity contribution is -0.129. The van der Waals surface area contributed by atoms with Crippen molar-refractivity contribution in [1.29, 1.82) is 0 Å². The number of fused-ring (bicyclic) bond motifs is 2. The van der Waals surface area contributed by atoms with Crippen molar-refractivity contribution in [3.8, 4) is 11.5 Å². The smallest absolute Gasteiger partial charge is 0.262 e. The largest absolute Gasteiger partial charge is 0.493 e. The molecule has 4 rings (SSSR count). The van der Waals surface area contributed by atoms with E-state index in [2.05, 4.69) is 6.92 Å². The molecule has 2 heterocycles. The molecular weight excluding hydrogens is 462 g/mol. The Bertz CT molecular complexity index is 1260. The van der Waals surface area contributed by atoms with E-state index in [9.17, 15) is 9.59 Å². The standard InChI is InChI=1S/C27H33N3O4S/c1-4-5-6-9-13-30-26(32)21-10-7-8-11-22(21)28-27(30)35-18-25(31)29-14-12-19-15-23(33-2)24(34-3)16-20(19)17-29/h7-8,10-11,15-16H,4-6,9,12-14,17-18H2,1-3H3. The van der Waals surface area contributed by atoms with E-state index in [4.69, 9.17) is 14.5 Å². The normalized spacial score (nSPS) is 13.1. The maximum absolute atomic E-state index is 13.2. The molecule has 1 amide bonds.